The van der Waals surface area contributed by atoms with Crippen LogP contribution in [-0.4, -0.2) is 80.6 Å². The number of nitrogens with zero attached hydrogens (tertiary/aromatic N) is 1. The zero-order valence-corrected chi connectivity index (χ0v) is 36.1. The Hall–Kier alpha value is -2.71. The number of quaternary nitrogens is 1. The lowest BCUT2D eigenvalue weighted by atomic mass is 10.1. The highest BCUT2D eigenvalue weighted by atomic mass is 16.6. The summed E-state index contributed by atoms with van der Waals surface area (Å²) in [5, 5.41) is 9.62. The largest absolute Gasteiger partial charge is 0.477 e. The number of hydrogen-bond donors (Lipinski definition) is 1. The molecule has 0 bridgehead atoms. The molecule has 8 heteroatoms. The van der Waals surface area contributed by atoms with Crippen molar-refractivity contribution in [2.24, 2.45) is 0 Å². The van der Waals surface area contributed by atoms with Gasteiger partial charge in [0, 0.05) is 19.3 Å². The summed E-state index contributed by atoms with van der Waals surface area (Å²) >= 11 is 0. The van der Waals surface area contributed by atoms with Gasteiger partial charge in [0.25, 0.3) is 0 Å². The summed E-state index contributed by atoms with van der Waals surface area (Å²) in [5.41, 5.74) is 0. The molecule has 0 amide bonds. The van der Waals surface area contributed by atoms with Crippen LogP contribution in [0, 0.1) is 0 Å². The number of esters is 2. The Bertz CT molecular complexity index is 1040. The standard InChI is InChI=1S/C47H83NO7/c1-6-8-10-12-14-16-18-20-22-23-24-26-28-30-32-34-36-38-46(50)55-43(41-53-40-39-44(47(51)52)48(3,4)5)42-54-45(49)37-35-33-31-29-27-25-21-19-17-15-13-11-9-7-2/h8,10,14,16,19-22,43-44H,6-7,9,11-13,15,17-18,23-42H2,1-5H3/p+1/b10-8-,16-14-,21-19-,22-20-. The quantitative estimate of drug-likeness (QED) is 0.0287. The molecule has 2 atom stereocenters. The third-order valence-electron chi connectivity index (χ3n) is 9.71. The number of unbranched alkanes of at least 4 members (excludes halogenated alkanes) is 17. The first-order valence-corrected chi connectivity index (χ1v) is 22.2. The van der Waals surface area contributed by atoms with Crippen LogP contribution in [0.5, 0.6) is 0 Å². The molecule has 318 valence electrons. The van der Waals surface area contributed by atoms with Crippen LogP contribution in [0.25, 0.3) is 0 Å². The predicted octanol–water partition coefficient (Wildman–Crippen LogP) is 12.0. The van der Waals surface area contributed by atoms with Crippen molar-refractivity contribution in [2.75, 3.05) is 41.0 Å². The number of allylic oxidation sites excluding steroid dienone is 8. The van der Waals surface area contributed by atoms with Crippen LogP contribution in [0.2, 0.25) is 0 Å². The molecular formula is C47H84NO7+. The summed E-state index contributed by atoms with van der Waals surface area (Å²) in [4.78, 5) is 37.0. The molecule has 1 N–H and O–H groups in total. The molecule has 0 spiro atoms. The minimum atomic E-state index is -0.879. The van der Waals surface area contributed by atoms with E-state index >= 15 is 0 Å². The second kappa shape index (κ2) is 38.2. The van der Waals surface area contributed by atoms with E-state index in [0.29, 0.717) is 19.3 Å². The Morgan fingerprint density at radius 1 is 0.564 bits per heavy atom. The first-order chi connectivity index (χ1) is 26.6. The molecule has 55 heavy (non-hydrogen) atoms. The van der Waals surface area contributed by atoms with Gasteiger partial charge in [-0.1, -0.05) is 140 Å². The van der Waals surface area contributed by atoms with Crippen LogP contribution < -0.4 is 0 Å². The maximum absolute atomic E-state index is 12.7. The fourth-order valence-electron chi connectivity index (χ4n) is 6.28. The molecule has 0 aliphatic heterocycles. The van der Waals surface area contributed by atoms with Crippen LogP contribution in [0.1, 0.15) is 181 Å². The Kier molecular flexibility index (Phi) is 36.3. The number of carbonyl (C=O) groups is 3. The minimum absolute atomic E-state index is 0.0539. The SMILES string of the molecule is CC/C=C\C/C=C\C/C=C\CCCCCCCCCC(=O)OC(COCCC(C(=O)O)[N+](C)(C)C)COC(=O)CCCCCCC/C=C\CCCCCCC. The highest BCUT2D eigenvalue weighted by Gasteiger charge is 2.31. The Morgan fingerprint density at radius 3 is 1.53 bits per heavy atom. The highest BCUT2D eigenvalue weighted by Crippen LogP contribution is 2.14. The van der Waals surface area contributed by atoms with E-state index in [0.717, 1.165) is 77.0 Å². The number of carboxylic acids is 1. The lowest BCUT2D eigenvalue weighted by Gasteiger charge is -2.31. The molecule has 0 aliphatic carbocycles. The molecule has 8 nitrogen and oxygen atoms in total. The second-order valence-corrected chi connectivity index (χ2v) is 15.9. The van der Waals surface area contributed by atoms with Crippen molar-refractivity contribution in [1.82, 2.24) is 0 Å². The molecule has 0 heterocycles. The van der Waals surface area contributed by atoms with Crippen LogP contribution in [0.4, 0.5) is 0 Å². The third kappa shape index (κ3) is 36.7. The van der Waals surface area contributed by atoms with E-state index in [4.69, 9.17) is 14.2 Å². The monoisotopic (exact) mass is 775 g/mol. The molecule has 0 saturated heterocycles. The molecule has 2 unspecified atom stereocenters. The zero-order chi connectivity index (χ0) is 40.7. The van der Waals surface area contributed by atoms with Gasteiger partial charge in [-0.05, 0) is 70.6 Å². The number of carbonyl (C=O) groups excluding carboxylic acids is 2. The van der Waals surface area contributed by atoms with Gasteiger partial charge in [-0.15, -0.1) is 0 Å². The summed E-state index contributed by atoms with van der Waals surface area (Å²) in [6.45, 7) is 4.60. The van der Waals surface area contributed by atoms with Gasteiger partial charge in [0.15, 0.2) is 12.1 Å². The average molecular weight is 775 g/mol. The summed E-state index contributed by atoms with van der Waals surface area (Å²) in [6.07, 6.45) is 44.3. The van der Waals surface area contributed by atoms with E-state index in [1.165, 1.54) is 70.6 Å². The minimum Gasteiger partial charge on any atom is -0.477 e. The molecule has 0 aromatic rings. The van der Waals surface area contributed by atoms with Gasteiger partial charge in [0.2, 0.25) is 0 Å². The fourth-order valence-corrected chi connectivity index (χ4v) is 6.28. The summed E-state index contributed by atoms with van der Waals surface area (Å²) in [7, 11) is 5.52. The number of carboxylic acid groups (broad SMARTS) is 1. The number of rotatable bonds is 39. The van der Waals surface area contributed by atoms with Gasteiger partial charge in [-0.2, -0.15) is 0 Å². The average Bonchev–Trinajstić information content (AvgIpc) is 3.14. The molecular weight excluding hydrogens is 691 g/mol. The third-order valence-corrected chi connectivity index (χ3v) is 9.71. The first-order valence-electron chi connectivity index (χ1n) is 22.2. The van der Waals surface area contributed by atoms with Gasteiger partial charge < -0.3 is 23.8 Å². The number of aliphatic carboxylic acids is 1. The van der Waals surface area contributed by atoms with Crippen LogP contribution >= 0.6 is 0 Å². The van der Waals surface area contributed by atoms with Gasteiger partial charge in [-0.3, -0.25) is 9.59 Å². The first kappa shape index (κ1) is 52.3. The summed E-state index contributed by atoms with van der Waals surface area (Å²) in [5.74, 6) is -1.49. The Balaban J connectivity index is 4.37. The van der Waals surface area contributed by atoms with Crippen molar-refractivity contribution in [2.45, 2.75) is 193 Å². The van der Waals surface area contributed by atoms with Crippen LogP contribution in [0.3, 0.4) is 0 Å². The fraction of sp³-hybridized carbons (Fsp3) is 0.766. The van der Waals surface area contributed by atoms with Gasteiger partial charge in [0.1, 0.15) is 6.61 Å². The second-order valence-electron chi connectivity index (χ2n) is 15.9. The van der Waals surface area contributed by atoms with Crippen molar-refractivity contribution in [1.29, 1.82) is 0 Å². The van der Waals surface area contributed by atoms with E-state index in [9.17, 15) is 19.5 Å². The number of likely N-dealkylation sites (N-methyl/N-ethyl adjacent to an activating group) is 1. The molecule has 0 radical (unpaired) electrons. The van der Waals surface area contributed by atoms with Crippen LogP contribution in [-0.2, 0) is 28.6 Å². The van der Waals surface area contributed by atoms with E-state index in [1.54, 1.807) is 0 Å². The molecule has 0 aromatic heterocycles. The molecule has 0 saturated carbocycles. The van der Waals surface area contributed by atoms with Gasteiger partial charge in [-0.25, -0.2) is 4.79 Å². The van der Waals surface area contributed by atoms with E-state index in [2.05, 4.69) is 62.5 Å². The molecule has 0 rings (SSSR count). The Labute approximate surface area is 337 Å². The van der Waals surface area contributed by atoms with Gasteiger partial charge in [0.05, 0.1) is 34.4 Å². The summed E-state index contributed by atoms with van der Waals surface area (Å²) in [6, 6.07) is -0.618. The van der Waals surface area contributed by atoms with Crippen LogP contribution in [0.15, 0.2) is 48.6 Å². The molecule has 0 fully saturated rings. The Morgan fingerprint density at radius 2 is 1.02 bits per heavy atom. The maximum Gasteiger partial charge on any atom is 0.362 e. The highest BCUT2D eigenvalue weighted by molar-refractivity contribution is 5.72. The topological polar surface area (TPSA) is 99.1 Å². The number of ether oxygens (including phenoxy) is 3. The van der Waals surface area contributed by atoms with E-state index in [1.807, 2.05) is 21.1 Å². The molecule has 0 aliphatic rings. The van der Waals surface area contributed by atoms with Crippen molar-refractivity contribution >= 4 is 17.9 Å². The lowest BCUT2D eigenvalue weighted by Crippen LogP contribution is -2.50. The molecule has 0 aromatic carbocycles. The van der Waals surface area contributed by atoms with Crippen molar-refractivity contribution in [3.8, 4) is 0 Å². The van der Waals surface area contributed by atoms with E-state index < -0.39 is 18.1 Å². The van der Waals surface area contributed by atoms with Crippen molar-refractivity contribution < 1.29 is 38.2 Å². The van der Waals surface area contributed by atoms with Crippen molar-refractivity contribution in [3.05, 3.63) is 48.6 Å². The number of hydrogen-bond acceptors (Lipinski definition) is 6. The van der Waals surface area contributed by atoms with Crippen molar-refractivity contribution in [3.63, 3.8) is 0 Å². The van der Waals surface area contributed by atoms with Gasteiger partial charge >= 0.3 is 17.9 Å². The smallest absolute Gasteiger partial charge is 0.362 e. The summed E-state index contributed by atoms with van der Waals surface area (Å²) < 4.78 is 17.3. The normalized spacial score (nSPS) is 13.4. The zero-order valence-electron chi connectivity index (χ0n) is 36.1. The predicted molar refractivity (Wildman–Crippen MR) is 229 cm³/mol. The maximum atomic E-state index is 12.7. The van der Waals surface area contributed by atoms with E-state index in [-0.39, 0.29) is 36.2 Å². The lowest BCUT2D eigenvalue weighted by molar-refractivity contribution is -0.887.